The number of nitrogens with zero attached hydrogens (tertiary/aromatic N) is 1. The van der Waals surface area contributed by atoms with E-state index in [1.807, 2.05) is 5.32 Å². The van der Waals surface area contributed by atoms with Gasteiger partial charge in [-0.3, -0.25) is 14.4 Å². The van der Waals surface area contributed by atoms with Gasteiger partial charge in [0.05, 0.1) is 18.8 Å². The summed E-state index contributed by atoms with van der Waals surface area (Å²) >= 11 is 0. The van der Waals surface area contributed by atoms with Crippen molar-refractivity contribution >= 4 is 29.6 Å². The lowest BCUT2D eigenvalue weighted by atomic mass is 10.0. The van der Waals surface area contributed by atoms with Gasteiger partial charge in [0.2, 0.25) is 5.60 Å². The molecular weight excluding hydrogens is 562 g/mol. The Morgan fingerprint density at radius 3 is 2.35 bits per heavy atom. The molecule has 3 atom stereocenters. The molecule has 12 nitrogen and oxygen atoms in total. The Bertz CT molecular complexity index is 1120. The average molecular weight is 588 g/mol. The van der Waals surface area contributed by atoms with E-state index in [0.29, 0.717) is 6.92 Å². The molecule has 224 valence electrons. The van der Waals surface area contributed by atoms with Crippen molar-refractivity contribution in [2.75, 3.05) is 37.7 Å². The lowest BCUT2D eigenvalue weighted by Gasteiger charge is -2.29. The van der Waals surface area contributed by atoms with Crippen LogP contribution < -0.4 is 26.0 Å². The molecule has 18 heteroatoms. The van der Waals surface area contributed by atoms with Gasteiger partial charge in [-0.05, 0) is 26.0 Å². The highest BCUT2D eigenvalue weighted by molar-refractivity contribution is 6.10. The fraction of sp³-hybridized carbons (Fsp3) is 0.545. The first kappa shape index (κ1) is 32.4. The second kappa shape index (κ2) is 12.6. The van der Waals surface area contributed by atoms with Gasteiger partial charge >= 0.3 is 18.3 Å². The van der Waals surface area contributed by atoms with Crippen LogP contribution >= 0.6 is 0 Å². The number of carbonyl (C=O) groups excluding carboxylic acids is 4. The lowest BCUT2D eigenvalue weighted by Crippen LogP contribution is -2.63. The highest BCUT2D eigenvalue weighted by atomic mass is 19.4. The van der Waals surface area contributed by atoms with Gasteiger partial charge in [-0.25, -0.2) is 9.18 Å². The van der Waals surface area contributed by atoms with Gasteiger partial charge in [0, 0.05) is 12.6 Å². The van der Waals surface area contributed by atoms with Gasteiger partial charge in [-0.1, -0.05) is 0 Å². The zero-order chi connectivity index (χ0) is 30.5. The SMILES string of the molecule is C[C@H]1Oc2ccc(F)cc2N(CCOC(=O)OCCN)C(=O)[C@H]1NC(=O)C(C)(O)C(=O)NCC(F)(F)C(F)(F)F. The number of nitrogens with one attached hydrogen (secondary N) is 2. The van der Waals surface area contributed by atoms with Crippen LogP contribution in [0.5, 0.6) is 5.75 Å². The van der Waals surface area contributed by atoms with Crippen molar-refractivity contribution in [3.05, 3.63) is 24.0 Å². The van der Waals surface area contributed by atoms with Crippen LogP contribution in [-0.2, 0) is 23.9 Å². The number of carbonyl (C=O) groups is 4. The van der Waals surface area contributed by atoms with Gasteiger partial charge < -0.3 is 40.6 Å². The number of aliphatic hydroxyl groups is 1. The van der Waals surface area contributed by atoms with E-state index < -0.39 is 79.2 Å². The fourth-order valence-electron chi connectivity index (χ4n) is 3.22. The summed E-state index contributed by atoms with van der Waals surface area (Å²) in [5.74, 6) is -10.8. The maximum Gasteiger partial charge on any atom is 0.508 e. The standard InChI is InChI=1S/C22H26F6N4O8/c1-11-15(31-18(35)20(2,37)17(34)30-10-21(24,25)22(26,27)28)16(33)32(6-8-39-19(36)38-7-5-29)13-9-12(23)3-4-14(13)40-11/h3-4,9,11,15,37H,5-8,10,29H2,1-2H3,(H,30,34)(H,31,35)/t11-,15+,20?/m1/s1. The predicted molar refractivity (Wildman–Crippen MR) is 122 cm³/mol. The number of hydrogen-bond donors (Lipinski definition) is 4. The number of amides is 3. The van der Waals surface area contributed by atoms with Crippen molar-refractivity contribution < 1.29 is 64.8 Å². The number of ether oxygens (including phenoxy) is 3. The first-order valence-corrected chi connectivity index (χ1v) is 11.5. The summed E-state index contributed by atoms with van der Waals surface area (Å²) in [6.45, 7) is -1.57. The second-order valence-electron chi connectivity index (χ2n) is 8.57. The normalized spacial score (nSPS) is 18.9. The molecule has 0 radical (unpaired) electrons. The molecule has 0 saturated heterocycles. The van der Waals surface area contributed by atoms with Crippen LogP contribution in [-0.4, -0.2) is 91.7 Å². The van der Waals surface area contributed by atoms with E-state index in [1.165, 1.54) is 6.92 Å². The van der Waals surface area contributed by atoms with E-state index >= 15 is 0 Å². The third-order valence-electron chi connectivity index (χ3n) is 5.46. The van der Waals surface area contributed by atoms with Crippen molar-refractivity contribution in [2.24, 2.45) is 5.73 Å². The van der Waals surface area contributed by atoms with Crippen LogP contribution in [0.3, 0.4) is 0 Å². The maximum atomic E-state index is 14.0. The Hall–Kier alpha value is -3.80. The Balaban J connectivity index is 2.23. The van der Waals surface area contributed by atoms with Crippen molar-refractivity contribution in [3.8, 4) is 5.75 Å². The monoisotopic (exact) mass is 588 g/mol. The average Bonchev–Trinajstić information content (AvgIpc) is 2.95. The number of rotatable bonds is 10. The number of benzene rings is 1. The number of hydrogen-bond acceptors (Lipinski definition) is 9. The predicted octanol–water partition coefficient (Wildman–Crippen LogP) is 0.601. The first-order valence-electron chi connectivity index (χ1n) is 11.5. The number of alkyl halides is 5. The molecule has 2 rings (SSSR count). The Labute approximate surface area is 222 Å². The molecule has 1 heterocycles. The van der Waals surface area contributed by atoms with Crippen LogP contribution in [0.2, 0.25) is 0 Å². The molecule has 3 amide bonds. The second-order valence-corrected chi connectivity index (χ2v) is 8.57. The summed E-state index contributed by atoms with van der Waals surface area (Å²) in [5, 5.41) is 13.5. The summed E-state index contributed by atoms with van der Waals surface area (Å²) in [7, 11) is 0. The number of fused-ring (bicyclic) bond motifs is 1. The molecule has 40 heavy (non-hydrogen) atoms. The molecule has 1 aromatic carbocycles. The van der Waals surface area contributed by atoms with Crippen LogP contribution in [0.25, 0.3) is 0 Å². The molecule has 0 saturated carbocycles. The molecular formula is C22H26F6N4O8. The minimum absolute atomic E-state index is 0.00945. The largest absolute Gasteiger partial charge is 0.508 e. The summed E-state index contributed by atoms with van der Waals surface area (Å²) < 4.78 is 92.5. The van der Waals surface area contributed by atoms with E-state index in [1.54, 1.807) is 0 Å². The van der Waals surface area contributed by atoms with E-state index in [2.05, 4.69) is 4.74 Å². The highest BCUT2D eigenvalue weighted by Crippen LogP contribution is 2.35. The molecule has 1 unspecified atom stereocenters. The molecule has 1 aliphatic heterocycles. The molecule has 0 fully saturated rings. The minimum Gasteiger partial charge on any atom is -0.486 e. The van der Waals surface area contributed by atoms with Crippen molar-refractivity contribution in [3.63, 3.8) is 0 Å². The molecule has 0 spiro atoms. The van der Waals surface area contributed by atoms with Crippen LogP contribution in [0.15, 0.2) is 18.2 Å². The molecule has 0 aliphatic carbocycles. The zero-order valence-corrected chi connectivity index (χ0v) is 21.0. The van der Waals surface area contributed by atoms with Gasteiger partial charge in [0.15, 0.2) is 0 Å². The van der Waals surface area contributed by atoms with Crippen molar-refractivity contribution in [1.29, 1.82) is 0 Å². The van der Waals surface area contributed by atoms with Crippen molar-refractivity contribution in [1.82, 2.24) is 10.6 Å². The molecule has 1 aromatic rings. The fourth-order valence-corrected chi connectivity index (χ4v) is 3.22. The number of halogens is 6. The highest BCUT2D eigenvalue weighted by Gasteiger charge is 2.58. The maximum absolute atomic E-state index is 14.0. The molecule has 0 bridgehead atoms. The summed E-state index contributed by atoms with van der Waals surface area (Å²) in [6, 6.07) is 1.34. The third kappa shape index (κ3) is 7.65. The molecule has 5 N–H and O–H groups in total. The van der Waals surface area contributed by atoms with Crippen LogP contribution in [0, 0.1) is 5.82 Å². The summed E-state index contributed by atoms with van der Waals surface area (Å²) in [6.07, 6.45) is -8.40. The van der Waals surface area contributed by atoms with Gasteiger partial charge in [-0.2, -0.15) is 22.0 Å². The number of anilines is 1. The molecule has 0 aromatic heterocycles. The molecule has 1 aliphatic rings. The van der Waals surface area contributed by atoms with E-state index in [9.17, 15) is 50.6 Å². The summed E-state index contributed by atoms with van der Waals surface area (Å²) in [4.78, 5) is 50.7. The zero-order valence-electron chi connectivity index (χ0n) is 21.0. The lowest BCUT2D eigenvalue weighted by molar-refractivity contribution is -0.278. The smallest absolute Gasteiger partial charge is 0.486 e. The minimum atomic E-state index is -6.02. The summed E-state index contributed by atoms with van der Waals surface area (Å²) in [5.41, 5.74) is 1.83. The van der Waals surface area contributed by atoms with Gasteiger partial charge in [0.1, 0.15) is 36.9 Å². The van der Waals surface area contributed by atoms with E-state index in [4.69, 9.17) is 15.2 Å². The van der Waals surface area contributed by atoms with E-state index in [0.717, 1.165) is 28.4 Å². The number of nitrogens with two attached hydrogens (primary N) is 1. The topological polar surface area (TPSA) is 170 Å². The Morgan fingerprint density at radius 2 is 1.75 bits per heavy atom. The Morgan fingerprint density at radius 1 is 1.12 bits per heavy atom. The van der Waals surface area contributed by atoms with Crippen LogP contribution in [0.4, 0.5) is 36.8 Å². The van der Waals surface area contributed by atoms with E-state index in [-0.39, 0.29) is 24.6 Å². The first-order chi connectivity index (χ1) is 18.4. The Kier molecular flexibility index (Phi) is 10.2. The quantitative estimate of drug-likeness (QED) is 0.174. The van der Waals surface area contributed by atoms with Crippen LogP contribution in [0.1, 0.15) is 13.8 Å². The van der Waals surface area contributed by atoms with Gasteiger partial charge in [-0.15, -0.1) is 0 Å². The van der Waals surface area contributed by atoms with Crippen molar-refractivity contribution in [2.45, 2.75) is 43.7 Å². The third-order valence-corrected chi connectivity index (χ3v) is 5.46. The van der Waals surface area contributed by atoms with Gasteiger partial charge in [0.25, 0.3) is 17.7 Å².